The van der Waals surface area contributed by atoms with Crippen LogP contribution in [0.3, 0.4) is 0 Å². The predicted octanol–water partition coefficient (Wildman–Crippen LogP) is 1.26. The zero-order valence-electron chi connectivity index (χ0n) is 8.84. The summed E-state index contributed by atoms with van der Waals surface area (Å²) in [5.74, 6) is 2.62. The van der Waals surface area contributed by atoms with Crippen LogP contribution in [-0.4, -0.2) is 24.1 Å². The van der Waals surface area contributed by atoms with Crippen molar-refractivity contribution in [2.45, 2.75) is 18.9 Å². The summed E-state index contributed by atoms with van der Waals surface area (Å²) < 4.78 is 0. The lowest BCUT2D eigenvalue weighted by Crippen LogP contribution is -2.30. The van der Waals surface area contributed by atoms with Gasteiger partial charge in [-0.3, -0.25) is 0 Å². The van der Waals surface area contributed by atoms with Gasteiger partial charge in [0.05, 0.1) is 0 Å². The van der Waals surface area contributed by atoms with E-state index in [-0.39, 0.29) is 0 Å². The van der Waals surface area contributed by atoms with Gasteiger partial charge in [-0.2, -0.15) is 0 Å². The monoisotopic (exact) mass is 203 g/mol. The molecule has 3 atom stereocenters. The van der Waals surface area contributed by atoms with Crippen molar-refractivity contribution in [3.63, 3.8) is 0 Å². The normalized spacial score (nSPS) is 34.5. The van der Waals surface area contributed by atoms with Crippen molar-refractivity contribution in [1.82, 2.24) is 4.98 Å². The fraction of sp³-hybridized carbons (Fsp3) is 0.583. The van der Waals surface area contributed by atoms with E-state index in [0.29, 0.717) is 12.0 Å². The molecule has 1 aliphatic carbocycles. The van der Waals surface area contributed by atoms with Gasteiger partial charge in [-0.05, 0) is 36.8 Å². The Balaban J connectivity index is 1.77. The third-order valence-corrected chi connectivity index (χ3v) is 3.89. The topological polar surface area (TPSA) is 42.1 Å². The minimum absolute atomic E-state index is 0.420. The van der Waals surface area contributed by atoms with Crippen LogP contribution >= 0.6 is 0 Å². The Morgan fingerprint density at radius 1 is 1.27 bits per heavy atom. The van der Waals surface area contributed by atoms with E-state index in [1.807, 2.05) is 12.3 Å². The average molecular weight is 203 g/mol. The molecule has 2 heterocycles. The van der Waals surface area contributed by atoms with Gasteiger partial charge in [0.1, 0.15) is 5.82 Å². The number of nitrogens with zero attached hydrogens (tertiary/aromatic N) is 2. The van der Waals surface area contributed by atoms with E-state index in [2.05, 4.69) is 22.0 Å². The van der Waals surface area contributed by atoms with Gasteiger partial charge in [-0.1, -0.05) is 6.07 Å². The molecule has 1 aliphatic heterocycles. The first-order valence-corrected chi connectivity index (χ1v) is 5.76. The van der Waals surface area contributed by atoms with E-state index in [1.165, 1.54) is 12.8 Å². The molecule has 3 unspecified atom stereocenters. The lowest BCUT2D eigenvalue weighted by molar-refractivity contribution is 0.453. The number of fused-ring (bicyclic) bond motifs is 1. The number of rotatable bonds is 1. The third-order valence-electron chi connectivity index (χ3n) is 3.89. The minimum Gasteiger partial charge on any atom is -0.356 e. The van der Waals surface area contributed by atoms with Crippen LogP contribution in [0, 0.1) is 11.8 Å². The summed E-state index contributed by atoms with van der Waals surface area (Å²) in [4.78, 5) is 6.78. The van der Waals surface area contributed by atoms with Gasteiger partial charge in [-0.25, -0.2) is 4.98 Å². The summed E-state index contributed by atoms with van der Waals surface area (Å²) in [6.07, 6.45) is 4.38. The van der Waals surface area contributed by atoms with Crippen LogP contribution in [0.15, 0.2) is 24.4 Å². The molecule has 3 heteroatoms. The molecular formula is C12H17N3. The van der Waals surface area contributed by atoms with Crippen molar-refractivity contribution in [3.05, 3.63) is 24.4 Å². The number of aromatic nitrogens is 1. The number of hydrogen-bond donors (Lipinski definition) is 1. The molecule has 1 aromatic rings. The van der Waals surface area contributed by atoms with E-state index in [1.54, 1.807) is 0 Å². The van der Waals surface area contributed by atoms with E-state index < -0.39 is 0 Å². The molecule has 80 valence electrons. The van der Waals surface area contributed by atoms with Crippen LogP contribution in [0.2, 0.25) is 0 Å². The SMILES string of the molecule is NC1CCC2CN(c3ccccn3)CC12. The van der Waals surface area contributed by atoms with E-state index in [0.717, 1.165) is 24.8 Å². The van der Waals surface area contributed by atoms with E-state index in [9.17, 15) is 0 Å². The lowest BCUT2D eigenvalue weighted by Gasteiger charge is -2.19. The van der Waals surface area contributed by atoms with Gasteiger partial charge in [-0.15, -0.1) is 0 Å². The van der Waals surface area contributed by atoms with Crippen LogP contribution in [0.1, 0.15) is 12.8 Å². The third kappa shape index (κ3) is 1.51. The van der Waals surface area contributed by atoms with Gasteiger partial charge in [0.15, 0.2) is 0 Å². The predicted molar refractivity (Wildman–Crippen MR) is 60.6 cm³/mol. The fourth-order valence-electron chi connectivity index (χ4n) is 3.04. The van der Waals surface area contributed by atoms with Crippen LogP contribution in [0.25, 0.3) is 0 Å². The van der Waals surface area contributed by atoms with E-state index >= 15 is 0 Å². The average Bonchev–Trinajstić information content (AvgIpc) is 2.83. The summed E-state index contributed by atoms with van der Waals surface area (Å²) in [6, 6.07) is 6.53. The Labute approximate surface area is 90.3 Å². The van der Waals surface area contributed by atoms with Crippen molar-refractivity contribution in [2.24, 2.45) is 17.6 Å². The fourth-order valence-corrected chi connectivity index (χ4v) is 3.04. The zero-order chi connectivity index (χ0) is 10.3. The molecule has 1 saturated heterocycles. The summed E-state index contributed by atoms with van der Waals surface area (Å²) in [5, 5.41) is 0. The Morgan fingerprint density at radius 3 is 2.93 bits per heavy atom. The van der Waals surface area contributed by atoms with Gasteiger partial charge in [0.25, 0.3) is 0 Å². The highest BCUT2D eigenvalue weighted by atomic mass is 15.2. The first-order valence-electron chi connectivity index (χ1n) is 5.76. The van der Waals surface area contributed by atoms with Crippen molar-refractivity contribution in [3.8, 4) is 0 Å². The van der Waals surface area contributed by atoms with Crippen molar-refractivity contribution < 1.29 is 0 Å². The van der Waals surface area contributed by atoms with Crippen LogP contribution in [0.4, 0.5) is 5.82 Å². The van der Waals surface area contributed by atoms with Crippen LogP contribution < -0.4 is 10.6 Å². The largest absolute Gasteiger partial charge is 0.356 e. The van der Waals surface area contributed by atoms with Crippen molar-refractivity contribution >= 4 is 5.82 Å². The summed E-state index contributed by atoms with van der Waals surface area (Å²) in [5.41, 5.74) is 6.11. The molecule has 2 aliphatic rings. The number of nitrogens with two attached hydrogens (primary N) is 1. The Kier molecular flexibility index (Phi) is 2.13. The molecule has 0 aromatic carbocycles. The molecule has 0 spiro atoms. The second-order valence-electron chi connectivity index (χ2n) is 4.76. The smallest absolute Gasteiger partial charge is 0.128 e. The second kappa shape index (κ2) is 3.49. The first kappa shape index (κ1) is 9.16. The summed E-state index contributed by atoms with van der Waals surface area (Å²) >= 11 is 0. The first-order chi connectivity index (χ1) is 7.34. The highest BCUT2D eigenvalue weighted by Gasteiger charge is 2.41. The Morgan fingerprint density at radius 2 is 2.20 bits per heavy atom. The Bertz CT molecular complexity index is 338. The highest BCUT2D eigenvalue weighted by Crippen LogP contribution is 2.38. The molecule has 0 radical (unpaired) electrons. The molecule has 1 saturated carbocycles. The number of hydrogen-bond acceptors (Lipinski definition) is 3. The van der Waals surface area contributed by atoms with Crippen molar-refractivity contribution in [1.29, 1.82) is 0 Å². The molecule has 0 bridgehead atoms. The molecule has 1 aromatic heterocycles. The zero-order valence-corrected chi connectivity index (χ0v) is 8.84. The van der Waals surface area contributed by atoms with Crippen LogP contribution in [0.5, 0.6) is 0 Å². The summed E-state index contributed by atoms with van der Waals surface area (Å²) in [6.45, 7) is 2.25. The standard InChI is InChI=1S/C12H17N3/c13-11-5-4-9-7-15(8-10(9)11)12-3-1-2-6-14-12/h1-3,6,9-11H,4-5,7-8,13H2. The molecule has 3 rings (SSSR count). The molecule has 15 heavy (non-hydrogen) atoms. The van der Waals surface area contributed by atoms with Crippen molar-refractivity contribution in [2.75, 3.05) is 18.0 Å². The second-order valence-corrected chi connectivity index (χ2v) is 4.76. The number of pyridine rings is 1. The quantitative estimate of drug-likeness (QED) is 0.747. The maximum atomic E-state index is 6.11. The highest BCUT2D eigenvalue weighted by molar-refractivity contribution is 5.40. The molecule has 2 N–H and O–H groups in total. The Hall–Kier alpha value is -1.09. The lowest BCUT2D eigenvalue weighted by atomic mass is 9.98. The maximum absolute atomic E-state index is 6.11. The van der Waals surface area contributed by atoms with Gasteiger partial charge < -0.3 is 10.6 Å². The van der Waals surface area contributed by atoms with Gasteiger partial charge >= 0.3 is 0 Å². The molecular weight excluding hydrogens is 186 g/mol. The molecule has 0 amide bonds. The van der Waals surface area contributed by atoms with Gasteiger partial charge in [0, 0.05) is 25.3 Å². The summed E-state index contributed by atoms with van der Waals surface area (Å²) in [7, 11) is 0. The van der Waals surface area contributed by atoms with E-state index in [4.69, 9.17) is 5.73 Å². The minimum atomic E-state index is 0.420. The molecule has 3 nitrogen and oxygen atoms in total. The number of anilines is 1. The molecule has 2 fully saturated rings. The maximum Gasteiger partial charge on any atom is 0.128 e. The van der Waals surface area contributed by atoms with Gasteiger partial charge in [0.2, 0.25) is 0 Å². The van der Waals surface area contributed by atoms with Crippen LogP contribution in [-0.2, 0) is 0 Å².